The van der Waals surface area contributed by atoms with Crippen LogP contribution in [0.3, 0.4) is 0 Å². The number of benzene rings is 1. The van der Waals surface area contributed by atoms with E-state index in [-0.39, 0.29) is 18.4 Å². The molecule has 1 aromatic rings. The Balaban J connectivity index is 2.68. The van der Waals surface area contributed by atoms with Gasteiger partial charge >= 0.3 is 5.97 Å². The number of rotatable bonds is 6. The zero-order chi connectivity index (χ0) is 15.3. The van der Waals surface area contributed by atoms with Crippen molar-refractivity contribution >= 4 is 11.9 Å². The summed E-state index contributed by atoms with van der Waals surface area (Å²) in [5, 5.41) is 8.87. The van der Waals surface area contributed by atoms with E-state index in [2.05, 4.69) is 0 Å². The Morgan fingerprint density at radius 3 is 2.40 bits per heavy atom. The van der Waals surface area contributed by atoms with Crippen molar-refractivity contribution in [1.29, 1.82) is 0 Å². The number of carbonyl (C=O) groups is 2. The van der Waals surface area contributed by atoms with Crippen molar-refractivity contribution in [2.75, 3.05) is 13.7 Å². The fraction of sp³-hybridized carbons (Fsp3) is 0.467. The number of para-hydroxylation sites is 1. The highest BCUT2D eigenvalue weighted by Crippen LogP contribution is 2.25. The molecule has 5 nitrogen and oxygen atoms in total. The van der Waals surface area contributed by atoms with Gasteiger partial charge in [0.05, 0.1) is 0 Å². The Bertz CT molecular complexity index is 485. The Hall–Kier alpha value is -2.04. The lowest BCUT2D eigenvalue weighted by atomic mass is 10.0. The third-order valence-electron chi connectivity index (χ3n) is 3.22. The van der Waals surface area contributed by atoms with Crippen molar-refractivity contribution in [2.24, 2.45) is 0 Å². The Morgan fingerprint density at radius 1 is 1.25 bits per heavy atom. The number of nitrogens with zero attached hydrogens (tertiary/aromatic N) is 1. The summed E-state index contributed by atoms with van der Waals surface area (Å²) in [5.41, 5.74) is 1.02. The van der Waals surface area contributed by atoms with Crippen LogP contribution in [0.1, 0.15) is 32.3 Å². The third kappa shape index (κ3) is 3.98. The van der Waals surface area contributed by atoms with Crippen molar-refractivity contribution < 1.29 is 19.4 Å². The van der Waals surface area contributed by atoms with Crippen LogP contribution < -0.4 is 4.74 Å². The number of likely N-dealkylation sites (N-methyl/N-ethyl adjacent to an activating group) is 1. The number of hydrogen-bond acceptors (Lipinski definition) is 3. The normalized spacial score (nSPS) is 12.1. The molecule has 0 aliphatic heterocycles. The number of carboxylic acids is 1. The summed E-state index contributed by atoms with van der Waals surface area (Å²) in [5.74, 6) is -0.453. The first-order valence-electron chi connectivity index (χ1n) is 6.54. The molecule has 20 heavy (non-hydrogen) atoms. The van der Waals surface area contributed by atoms with Crippen LogP contribution in [-0.4, -0.2) is 41.6 Å². The lowest BCUT2D eigenvalue weighted by Crippen LogP contribution is -2.42. The number of hydrogen-bond donors (Lipinski definition) is 1. The average Bonchev–Trinajstić information content (AvgIpc) is 2.43. The molecule has 0 saturated heterocycles. The molecule has 1 atom stereocenters. The number of carbonyl (C=O) groups excluding carboxylic acids is 1. The van der Waals surface area contributed by atoms with Crippen LogP contribution in [0.4, 0.5) is 0 Å². The van der Waals surface area contributed by atoms with Gasteiger partial charge in [-0.2, -0.15) is 0 Å². The third-order valence-corrected chi connectivity index (χ3v) is 3.22. The highest BCUT2D eigenvalue weighted by Gasteiger charge is 2.22. The lowest BCUT2D eigenvalue weighted by Gasteiger charge is -2.22. The molecule has 0 saturated carbocycles. The molecule has 1 aromatic carbocycles. The topological polar surface area (TPSA) is 66.8 Å². The van der Waals surface area contributed by atoms with Gasteiger partial charge in [-0.3, -0.25) is 4.79 Å². The smallest absolute Gasteiger partial charge is 0.326 e. The minimum Gasteiger partial charge on any atom is -0.483 e. The quantitative estimate of drug-likeness (QED) is 0.866. The molecule has 1 N–H and O–H groups in total. The maximum Gasteiger partial charge on any atom is 0.326 e. The van der Waals surface area contributed by atoms with Crippen molar-refractivity contribution in [1.82, 2.24) is 4.90 Å². The van der Waals surface area contributed by atoms with Gasteiger partial charge in [-0.25, -0.2) is 4.79 Å². The summed E-state index contributed by atoms with van der Waals surface area (Å²) in [6.07, 6.45) is 0. The zero-order valence-corrected chi connectivity index (χ0v) is 12.3. The number of aliphatic carboxylic acids is 1. The van der Waals surface area contributed by atoms with E-state index in [4.69, 9.17) is 9.84 Å². The van der Waals surface area contributed by atoms with Crippen LogP contribution in [0.5, 0.6) is 5.75 Å². The monoisotopic (exact) mass is 279 g/mol. The standard InChI is InChI=1S/C15H21NO4/c1-10(2)12-7-5-6-8-13(12)20-9-14(17)16(4)11(3)15(18)19/h5-8,10-11H,9H2,1-4H3,(H,18,19). The van der Waals surface area contributed by atoms with Gasteiger partial charge < -0.3 is 14.7 Å². The zero-order valence-electron chi connectivity index (χ0n) is 12.3. The summed E-state index contributed by atoms with van der Waals surface area (Å²) in [6.45, 7) is 5.38. The molecule has 0 aliphatic carbocycles. The highest BCUT2D eigenvalue weighted by atomic mass is 16.5. The predicted molar refractivity (Wildman–Crippen MR) is 75.9 cm³/mol. The molecular weight excluding hydrogens is 258 g/mol. The molecule has 1 rings (SSSR count). The largest absolute Gasteiger partial charge is 0.483 e. The van der Waals surface area contributed by atoms with Crippen molar-refractivity contribution in [3.8, 4) is 5.75 Å². The van der Waals surface area contributed by atoms with Crippen molar-refractivity contribution in [3.05, 3.63) is 29.8 Å². The summed E-state index contributed by atoms with van der Waals surface area (Å²) >= 11 is 0. The number of ether oxygens (including phenoxy) is 1. The molecule has 0 bridgehead atoms. The summed E-state index contributed by atoms with van der Waals surface area (Å²) in [4.78, 5) is 23.9. The first-order valence-corrected chi connectivity index (χ1v) is 6.54. The van der Waals surface area contributed by atoms with Gasteiger partial charge in [-0.15, -0.1) is 0 Å². The Kier molecular flexibility index (Phi) is 5.55. The molecule has 0 aromatic heterocycles. The first kappa shape index (κ1) is 16.0. The Morgan fingerprint density at radius 2 is 1.85 bits per heavy atom. The van der Waals surface area contributed by atoms with E-state index in [0.717, 1.165) is 5.56 Å². The van der Waals surface area contributed by atoms with Gasteiger partial charge in [0, 0.05) is 7.05 Å². The average molecular weight is 279 g/mol. The van der Waals surface area contributed by atoms with E-state index in [1.54, 1.807) is 0 Å². The molecule has 110 valence electrons. The van der Waals surface area contributed by atoms with E-state index < -0.39 is 12.0 Å². The molecule has 1 unspecified atom stereocenters. The van der Waals surface area contributed by atoms with Gasteiger partial charge in [-0.05, 0) is 24.5 Å². The molecule has 0 fully saturated rings. The second-order valence-corrected chi connectivity index (χ2v) is 5.00. The van der Waals surface area contributed by atoms with Gasteiger partial charge in [-0.1, -0.05) is 32.0 Å². The lowest BCUT2D eigenvalue weighted by molar-refractivity contribution is -0.148. The summed E-state index contributed by atoms with van der Waals surface area (Å²) in [7, 11) is 1.46. The second kappa shape index (κ2) is 6.93. The van der Waals surface area contributed by atoms with Gasteiger partial charge in [0.2, 0.25) is 0 Å². The van der Waals surface area contributed by atoms with E-state index in [9.17, 15) is 9.59 Å². The van der Waals surface area contributed by atoms with Crippen LogP contribution in [-0.2, 0) is 9.59 Å². The molecule has 5 heteroatoms. The summed E-state index contributed by atoms with van der Waals surface area (Å²) in [6, 6.07) is 6.65. The van der Waals surface area contributed by atoms with Crippen LogP contribution in [0, 0.1) is 0 Å². The first-order chi connectivity index (χ1) is 9.34. The molecule has 1 amide bonds. The second-order valence-electron chi connectivity index (χ2n) is 5.00. The highest BCUT2D eigenvalue weighted by molar-refractivity contribution is 5.84. The van der Waals surface area contributed by atoms with Gasteiger partial charge in [0.15, 0.2) is 6.61 Å². The maximum absolute atomic E-state index is 11.9. The maximum atomic E-state index is 11.9. The molecule has 0 aliphatic rings. The van der Waals surface area contributed by atoms with Gasteiger partial charge in [0.25, 0.3) is 5.91 Å². The molecule has 0 heterocycles. The van der Waals surface area contributed by atoms with Gasteiger partial charge in [0.1, 0.15) is 11.8 Å². The van der Waals surface area contributed by atoms with Crippen LogP contribution in [0.15, 0.2) is 24.3 Å². The van der Waals surface area contributed by atoms with Crippen molar-refractivity contribution in [3.63, 3.8) is 0 Å². The Labute approximate surface area is 119 Å². The SMILES string of the molecule is CC(C)c1ccccc1OCC(=O)N(C)C(C)C(=O)O. The van der Waals surface area contributed by atoms with Crippen molar-refractivity contribution in [2.45, 2.75) is 32.7 Å². The summed E-state index contributed by atoms with van der Waals surface area (Å²) < 4.78 is 5.53. The van der Waals surface area contributed by atoms with E-state index in [0.29, 0.717) is 5.75 Å². The number of carboxylic acid groups (broad SMARTS) is 1. The van der Waals surface area contributed by atoms with Crippen LogP contribution in [0.2, 0.25) is 0 Å². The molecule has 0 radical (unpaired) electrons. The predicted octanol–water partition coefficient (Wildman–Crippen LogP) is 2.12. The molecular formula is C15H21NO4. The van der Waals surface area contributed by atoms with E-state index >= 15 is 0 Å². The minimum absolute atomic E-state index is 0.169. The fourth-order valence-electron chi connectivity index (χ4n) is 1.71. The van der Waals surface area contributed by atoms with Crippen LogP contribution >= 0.6 is 0 Å². The molecule has 0 spiro atoms. The van der Waals surface area contributed by atoms with E-state index in [1.165, 1.54) is 18.9 Å². The minimum atomic E-state index is -1.04. The van der Waals surface area contributed by atoms with E-state index in [1.807, 2.05) is 38.1 Å². The number of amides is 1. The van der Waals surface area contributed by atoms with Crippen LogP contribution in [0.25, 0.3) is 0 Å². The fourth-order valence-corrected chi connectivity index (χ4v) is 1.71.